The standard InChI is InChI=1S/C9H5Br2F3N2O2/c10-4-1-5(11)7(17)2-6(4)16-15-3-8(18)9(12,13)14/h1-3,16-17H. The van der Waals surface area contributed by atoms with Crippen LogP contribution in [0.15, 0.2) is 26.2 Å². The maximum Gasteiger partial charge on any atom is 0.455 e. The van der Waals surface area contributed by atoms with Gasteiger partial charge in [-0.3, -0.25) is 10.2 Å². The molecule has 98 valence electrons. The van der Waals surface area contributed by atoms with E-state index in [-0.39, 0.29) is 17.7 Å². The number of carbonyl (C=O) groups is 1. The molecular formula is C9H5Br2F3N2O2. The minimum absolute atomic E-state index is 0.117. The largest absolute Gasteiger partial charge is 0.507 e. The molecule has 0 radical (unpaired) electrons. The molecule has 1 rings (SSSR count). The number of hydrogen-bond donors (Lipinski definition) is 2. The molecular weight excluding hydrogens is 385 g/mol. The summed E-state index contributed by atoms with van der Waals surface area (Å²) in [5.74, 6) is -2.20. The normalized spacial score (nSPS) is 11.8. The molecule has 0 spiro atoms. The molecule has 1 aromatic rings. The molecule has 2 N–H and O–H groups in total. The quantitative estimate of drug-likeness (QED) is 0.614. The molecule has 0 aromatic heterocycles. The summed E-state index contributed by atoms with van der Waals surface area (Å²) in [4.78, 5) is 10.5. The average Bonchev–Trinajstić information content (AvgIpc) is 2.23. The van der Waals surface area contributed by atoms with E-state index in [0.29, 0.717) is 8.95 Å². The Labute approximate surface area is 116 Å². The topological polar surface area (TPSA) is 61.7 Å². The number of anilines is 1. The molecule has 0 aliphatic heterocycles. The van der Waals surface area contributed by atoms with Gasteiger partial charge in [0.05, 0.1) is 16.4 Å². The summed E-state index contributed by atoms with van der Waals surface area (Å²) >= 11 is 6.15. The van der Waals surface area contributed by atoms with E-state index >= 15 is 0 Å². The van der Waals surface area contributed by atoms with Crippen molar-refractivity contribution in [2.75, 3.05) is 5.43 Å². The van der Waals surface area contributed by atoms with Crippen LogP contribution in [0.3, 0.4) is 0 Å². The summed E-state index contributed by atoms with van der Waals surface area (Å²) in [5, 5.41) is 12.5. The Kier molecular flexibility index (Phi) is 4.74. The van der Waals surface area contributed by atoms with Gasteiger partial charge in [-0.15, -0.1) is 0 Å². The predicted molar refractivity (Wildman–Crippen MR) is 66.7 cm³/mol. The first kappa shape index (κ1) is 15.0. The van der Waals surface area contributed by atoms with E-state index < -0.39 is 12.0 Å². The molecule has 4 nitrogen and oxygen atoms in total. The average molecular weight is 390 g/mol. The van der Waals surface area contributed by atoms with Gasteiger partial charge in [-0.1, -0.05) is 0 Å². The highest BCUT2D eigenvalue weighted by atomic mass is 79.9. The van der Waals surface area contributed by atoms with Crippen LogP contribution in [0.4, 0.5) is 18.9 Å². The highest BCUT2D eigenvalue weighted by Gasteiger charge is 2.36. The Balaban J connectivity index is 2.79. The Hall–Kier alpha value is -1.09. The maximum atomic E-state index is 11.8. The lowest BCUT2D eigenvalue weighted by molar-refractivity contribution is -0.162. The van der Waals surface area contributed by atoms with E-state index in [0.717, 1.165) is 0 Å². The number of carbonyl (C=O) groups excluding carboxylic acids is 1. The zero-order chi connectivity index (χ0) is 13.9. The molecule has 0 saturated heterocycles. The smallest absolute Gasteiger partial charge is 0.455 e. The van der Waals surface area contributed by atoms with Gasteiger partial charge in [0, 0.05) is 10.5 Å². The Morgan fingerprint density at radius 2 is 1.94 bits per heavy atom. The molecule has 0 aliphatic carbocycles. The third kappa shape index (κ3) is 3.98. The van der Waals surface area contributed by atoms with Crippen molar-refractivity contribution >= 4 is 49.5 Å². The summed E-state index contributed by atoms with van der Waals surface area (Å²) in [6, 6.07) is 2.70. The summed E-state index contributed by atoms with van der Waals surface area (Å²) < 4.78 is 36.4. The van der Waals surface area contributed by atoms with Crippen LogP contribution in [0.1, 0.15) is 0 Å². The minimum atomic E-state index is -4.95. The fourth-order valence-electron chi connectivity index (χ4n) is 0.857. The van der Waals surface area contributed by atoms with Crippen LogP contribution >= 0.6 is 31.9 Å². The number of phenols is 1. The van der Waals surface area contributed by atoms with E-state index in [1.54, 1.807) is 0 Å². The van der Waals surface area contributed by atoms with Crippen molar-refractivity contribution in [2.45, 2.75) is 6.18 Å². The predicted octanol–water partition coefficient (Wildman–Crippen LogP) is 3.45. The molecule has 0 bridgehead atoms. The van der Waals surface area contributed by atoms with E-state index in [1.165, 1.54) is 12.1 Å². The SMILES string of the molecule is O=C(C=NNc1cc(O)c(Br)cc1Br)C(F)(F)F. The summed E-state index contributed by atoms with van der Waals surface area (Å²) in [7, 11) is 0. The first-order valence-corrected chi connectivity index (χ1v) is 5.88. The number of hydrogen-bond acceptors (Lipinski definition) is 4. The number of aromatic hydroxyl groups is 1. The monoisotopic (exact) mass is 388 g/mol. The van der Waals surface area contributed by atoms with Crippen LogP contribution in [0, 0.1) is 0 Å². The molecule has 0 heterocycles. The third-order valence-corrected chi connectivity index (χ3v) is 2.97. The van der Waals surface area contributed by atoms with Crippen LogP contribution in [-0.2, 0) is 4.79 Å². The fourth-order valence-corrected chi connectivity index (χ4v) is 1.94. The lowest BCUT2D eigenvalue weighted by Gasteiger charge is -2.06. The number of benzene rings is 1. The number of halogens is 5. The van der Waals surface area contributed by atoms with Crippen LogP contribution < -0.4 is 5.43 Å². The van der Waals surface area contributed by atoms with Crippen molar-refractivity contribution in [3.05, 3.63) is 21.1 Å². The molecule has 1 aromatic carbocycles. The minimum Gasteiger partial charge on any atom is -0.507 e. The van der Waals surface area contributed by atoms with Crippen molar-refractivity contribution in [1.29, 1.82) is 0 Å². The lowest BCUT2D eigenvalue weighted by Crippen LogP contribution is -2.23. The molecule has 18 heavy (non-hydrogen) atoms. The number of nitrogens with one attached hydrogen (secondary N) is 1. The van der Waals surface area contributed by atoms with Crippen LogP contribution in [-0.4, -0.2) is 23.3 Å². The van der Waals surface area contributed by atoms with E-state index in [1.807, 2.05) is 0 Å². The molecule has 0 saturated carbocycles. The number of ketones is 1. The first-order chi connectivity index (χ1) is 8.21. The number of nitrogens with zero attached hydrogens (tertiary/aromatic N) is 1. The first-order valence-electron chi connectivity index (χ1n) is 4.30. The molecule has 0 unspecified atom stereocenters. The van der Waals surface area contributed by atoms with Gasteiger partial charge in [-0.05, 0) is 37.9 Å². The zero-order valence-corrected chi connectivity index (χ0v) is 11.6. The number of phenolic OH excluding ortho intramolecular Hbond substituents is 1. The van der Waals surface area contributed by atoms with E-state index in [9.17, 15) is 23.1 Å². The zero-order valence-electron chi connectivity index (χ0n) is 8.42. The van der Waals surface area contributed by atoms with Crippen LogP contribution in [0.2, 0.25) is 0 Å². The number of hydrazone groups is 1. The summed E-state index contributed by atoms with van der Waals surface area (Å²) in [6.07, 6.45) is -4.84. The van der Waals surface area contributed by atoms with Crippen molar-refractivity contribution in [2.24, 2.45) is 5.10 Å². The molecule has 0 fully saturated rings. The Morgan fingerprint density at radius 1 is 1.33 bits per heavy atom. The third-order valence-electron chi connectivity index (χ3n) is 1.68. The van der Waals surface area contributed by atoms with Crippen molar-refractivity contribution in [1.82, 2.24) is 0 Å². The fraction of sp³-hybridized carbons (Fsp3) is 0.111. The van der Waals surface area contributed by atoms with Crippen molar-refractivity contribution in [3.63, 3.8) is 0 Å². The van der Waals surface area contributed by atoms with Gasteiger partial charge in [0.2, 0.25) is 0 Å². The summed E-state index contributed by atoms with van der Waals surface area (Å²) in [6.45, 7) is 0. The number of Topliss-reactive ketones (excluding diaryl/α,β-unsaturated/α-hetero) is 1. The van der Waals surface area contributed by atoms with E-state index in [2.05, 4.69) is 42.4 Å². The molecule has 0 atom stereocenters. The van der Waals surface area contributed by atoms with Gasteiger partial charge in [0.25, 0.3) is 5.78 Å². The highest BCUT2D eigenvalue weighted by Crippen LogP contribution is 2.33. The second-order valence-electron chi connectivity index (χ2n) is 3.02. The second kappa shape index (κ2) is 5.70. The van der Waals surface area contributed by atoms with Crippen LogP contribution in [0.25, 0.3) is 0 Å². The van der Waals surface area contributed by atoms with Gasteiger partial charge in [0.1, 0.15) is 5.75 Å². The molecule has 0 amide bonds. The van der Waals surface area contributed by atoms with Crippen molar-refractivity contribution < 1.29 is 23.1 Å². The van der Waals surface area contributed by atoms with E-state index in [4.69, 9.17) is 0 Å². The summed E-state index contributed by atoms with van der Waals surface area (Å²) in [5.41, 5.74) is 2.41. The number of rotatable bonds is 3. The molecule has 9 heteroatoms. The van der Waals surface area contributed by atoms with Crippen LogP contribution in [0.5, 0.6) is 5.75 Å². The Morgan fingerprint density at radius 3 is 2.50 bits per heavy atom. The van der Waals surface area contributed by atoms with Gasteiger partial charge in [-0.25, -0.2) is 0 Å². The van der Waals surface area contributed by atoms with Gasteiger partial charge >= 0.3 is 6.18 Å². The maximum absolute atomic E-state index is 11.8. The van der Waals surface area contributed by atoms with Gasteiger partial charge in [-0.2, -0.15) is 18.3 Å². The molecule has 0 aliphatic rings. The number of alkyl halides is 3. The second-order valence-corrected chi connectivity index (χ2v) is 4.72. The van der Waals surface area contributed by atoms with Gasteiger partial charge < -0.3 is 5.11 Å². The Bertz CT molecular complexity index is 503. The lowest BCUT2D eigenvalue weighted by atomic mass is 10.3. The van der Waals surface area contributed by atoms with Gasteiger partial charge in [0.15, 0.2) is 0 Å². The highest BCUT2D eigenvalue weighted by molar-refractivity contribution is 9.11. The van der Waals surface area contributed by atoms with Crippen molar-refractivity contribution in [3.8, 4) is 5.75 Å².